The highest BCUT2D eigenvalue weighted by atomic mass is 19.4. The third-order valence-corrected chi connectivity index (χ3v) is 1.55. The van der Waals surface area contributed by atoms with Gasteiger partial charge in [-0.25, -0.2) is 0 Å². The van der Waals surface area contributed by atoms with E-state index in [1.165, 1.54) is 6.08 Å². The smallest absolute Gasteiger partial charge is 0.284 e. The van der Waals surface area contributed by atoms with Crippen LogP contribution in [0.25, 0.3) is 0 Å². The molecule has 0 unspecified atom stereocenters. The van der Waals surface area contributed by atoms with Crippen LogP contribution in [0.4, 0.5) is 13.2 Å². The fourth-order valence-corrected chi connectivity index (χ4v) is 0.968. The van der Waals surface area contributed by atoms with Gasteiger partial charge in [-0.3, -0.25) is 4.79 Å². The van der Waals surface area contributed by atoms with Gasteiger partial charge in [-0.2, -0.15) is 13.2 Å². The van der Waals surface area contributed by atoms with E-state index in [1.807, 2.05) is 0 Å². The lowest BCUT2D eigenvalue weighted by Crippen LogP contribution is -2.24. The summed E-state index contributed by atoms with van der Waals surface area (Å²) < 4.78 is 35.5. The molecule has 1 aliphatic carbocycles. The molecule has 0 amide bonds. The second-order valence-electron chi connectivity index (χ2n) is 2.47. The van der Waals surface area contributed by atoms with E-state index in [4.69, 9.17) is 0 Å². The number of ketones is 1. The first-order chi connectivity index (χ1) is 5.52. The van der Waals surface area contributed by atoms with Crippen LogP contribution in [-0.4, -0.2) is 12.0 Å². The van der Waals surface area contributed by atoms with E-state index in [0.29, 0.717) is 6.42 Å². The first-order valence-corrected chi connectivity index (χ1v) is 3.47. The first kappa shape index (κ1) is 9.03. The van der Waals surface area contributed by atoms with Gasteiger partial charge in [-0.15, -0.1) is 0 Å². The molecule has 12 heavy (non-hydrogen) atoms. The molecule has 0 N–H and O–H groups in total. The number of hydrogen-bond acceptors (Lipinski definition) is 1. The Morgan fingerprint density at radius 2 is 2.00 bits per heavy atom. The van der Waals surface area contributed by atoms with Gasteiger partial charge in [-0.05, 0) is 12.8 Å². The largest absolute Gasteiger partial charge is 0.454 e. The fraction of sp³-hybridized carbons (Fsp3) is 0.375. The van der Waals surface area contributed by atoms with Crippen molar-refractivity contribution in [3.05, 3.63) is 23.8 Å². The van der Waals surface area contributed by atoms with Gasteiger partial charge in [-0.1, -0.05) is 18.2 Å². The van der Waals surface area contributed by atoms with E-state index in [2.05, 4.69) is 0 Å². The SMILES string of the molecule is O=C(C1=CCC=CC1)C(F)(F)F. The summed E-state index contributed by atoms with van der Waals surface area (Å²) >= 11 is 0. The minimum Gasteiger partial charge on any atom is -0.284 e. The number of halogens is 3. The van der Waals surface area contributed by atoms with Gasteiger partial charge in [0.1, 0.15) is 0 Å². The Morgan fingerprint density at radius 1 is 1.33 bits per heavy atom. The van der Waals surface area contributed by atoms with Crippen molar-refractivity contribution in [2.45, 2.75) is 19.0 Å². The van der Waals surface area contributed by atoms with Crippen molar-refractivity contribution in [3.8, 4) is 0 Å². The molecule has 0 spiro atoms. The summed E-state index contributed by atoms with van der Waals surface area (Å²) in [4.78, 5) is 10.6. The lowest BCUT2D eigenvalue weighted by atomic mass is 10.0. The van der Waals surface area contributed by atoms with Crippen LogP contribution in [0.1, 0.15) is 12.8 Å². The molecule has 0 aromatic heterocycles. The topological polar surface area (TPSA) is 17.1 Å². The molecule has 66 valence electrons. The first-order valence-electron chi connectivity index (χ1n) is 3.47. The van der Waals surface area contributed by atoms with Gasteiger partial charge >= 0.3 is 6.18 Å². The number of hydrogen-bond donors (Lipinski definition) is 0. The standard InChI is InChI=1S/C8H7F3O/c9-8(10,11)7(12)6-4-2-1-3-5-6/h1-2,5H,3-4H2. The zero-order valence-electron chi connectivity index (χ0n) is 6.19. The molecule has 0 saturated heterocycles. The van der Waals surface area contributed by atoms with Gasteiger partial charge in [0.25, 0.3) is 5.78 Å². The summed E-state index contributed by atoms with van der Waals surface area (Å²) in [5.41, 5.74) is -0.148. The van der Waals surface area contributed by atoms with E-state index in [-0.39, 0.29) is 12.0 Å². The van der Waals surface area contributed by atoms with E-state index in [9.17, 15) is 18.0 Å². The minimum atomic E-state index is -4.73. The van der Waals surface area contributed by atoms with E-state index in [1.54, 1.807) is 12.2 Å². The summed E-state index contributed by atoms with van der Waals surface area (Å²) in [5.74, 6) is -1.72. The van der Waals surface area contributed by atoms with E-state index < -0.39 is 12.0 Å². The van der Waals surface area contributed by atoms with Crippen molar-refractivity contribution >= 4 is 5.78 Å². The lowest BCUT2D eigenvalue weighted by Gasteiger charge is -2.09. The zero-order chi connectivity index (χ0) is 9.19. The molecular weight excluding hydrogens is 169 g/mol. The maximum Gasteiger partial charge on any atom is 0.454 e. The predicted molar refractivity (Wildman–Crippen MR) is 37.5 cm³/mol. The molecule has 0 fully saturated rings. The molecule has 1 nitrogen and oxygen atoms in total. The van der Waals surface area contributed by atoms with Crippen LogP contribution < -0.4 is 0 Å². The summed E-state index contributed by atoms with van der Waals surface area (Å²) in [5, 5.41) is 0. The summed E-state index contributed by atoms with van der Waals surface area (Å²) in [6.07, 6.45) is 0.397. The Hall–Kier alpha value is -1.06. The summed E-state index contributed by atoms with van der Waals surface area (Å²) in [6, 6.07) is 0. The number of Topliss-reactive ketones (excluding diaryl/α,β-unsaturated/α-hetero) is 1. The van der Waals surface area contributed by atoms with Gasteiger partial charge in [0.05, 0.1) is 0 Å². The predicted octanol–water partition coefficient (Wildman–Crippen LogP) is 2.39. The van der Waals surface area contributed by atoms with Gasteiger partial charge in [0, 0.05) is 5.57 Å². The van der Waals surface area contributed by atoms with Crippen LogP contribution in [0.2, 0.25) is 0 Å². The van der Waals surface area contributed by atoms with Crippen molar-refractivity contribution in [1.82, 2.24) is 0 Å². The fourth-order valence-electron chi connectivity index (χ4n) is 0.968. The maximum atomic E-state index is 11.8. The van der Waals surface area contributed by atoms with Crippen molar-refractivity contribution < 1.29 is 18.0 Å². The number of alkyl halides is 3. The van der Waals surface area contributed by atoms with E-state index in [0.717, 1.165) is 0 Å². The Bertz CT molecular complexity index is 248. The molecule has 0 aromatic carbocycles. The van der Waals surface area contributed by atoms with Crippen LogP contribution in [0, 0.1) is 0 Å². The van der Waals surface area contributed by atoms with Crippen LogP contribution in [0.5, 0.6) is 0 Å². The van der Waals surface area contributed by atoms with Crippen molar-refractivity contribution in [3.63, 3.8) is 0 Å². The number of carbonyl (C=O) groups excluding carboxylic acids is 1. The van der Waals surface area contributed by atoms with Crippen molar-refractivity contribution in [2.75, 3.05) is 0 Å². The van der Waals surface area contributed by atoms with Crippen LogP contribution in [0.3, 0.4) is 0 Å². The number of rotatable bonds is 1. The second kappa shape index (κ2) is 3.13. The highest BCUT2D eigenvalue weighted by Crippen LogP contribution is 2.24. The normalized spacial score (nSPS) is 17.4. The monoisotopic (exact) mass is 176 g/mol. The average molecular weight is 176 g/mol. The van der Waals surface area contributed by atoms with Crippen LogP contribution in [-0.2, 0) is 4.79 Å². The molecule has 0 aliphatic heterocycles. The average Bonchev–Trinajstić information content (AvgIpc) is 2.03. The third-order valence-electron chi connectivity index (χ3n) is 1.55. The summed E-state index contributed by atoms with van der Waals surface area (Å²) in [6.45, 7) is 0. The van der Waals surface area contributed by atoms with Gasteiger partial charge in [0.15, 0.2) is 0 Å². The van der Waals surface area contributed by atoms with Crippen LogP contribution >= 0.6 is 0 Å². The van der Waals surface area contributed by atoms with Crippen molar-refractivity contribution in [1.29, 1.82) is 0 Å². The second-order valence-corrected chi connectivity index (χ2v) is 2.47. The molecule has 4 heteroatoms. The Labute approximate surface area is 67.6 Å². The number of allylic oxidation sites excluding steroid dienone is 4. The van der Waals surface area contributed by atoms with Crippen LogP contribution in [0.15, 0.2) is 23.8 Å². The Balaban J connectivity index is 2.71. The molecule has 0 aromatic rings. The zero-order valence-corrected chi connectivity index (χ0v) is 6.19. The lowest BCUT2D eigenvalue weighted by molar-refractivity contribution is -0.166. The maximum absolute atomic E-state index is 11.8. The highest BCUT2D eigenvalue weighted by Gasteiger charge is 2.39. The molecule has 1 rings (SSSR count). The molecular formula is C8H7F3O. The van der Waals surface area contributed by atoms with Gasteiger partial charge in [0.2, 0.25) is 0 Å². The Kier molecular flexibility index (Phi) is 2.35. The Morgan fingerprint density at radius 3 is 2.42 bits per heavy atom. The molecule has 0 radical (unpaired) electrons. The molecule has 0 atom stereocenters. The third kappa shape index (κ3) is 1.96. The highest BCUT2D eigenvalue weighted by molar-refractivity contribution is 5.99. The molecule has 1 aliphatic rings. The minimum absolute atomic E-state index is 0.0956. The van der Waals surface area contributed by atoms with Gasteiger partial charge < -0.3 is 0 Å². The molecule has 0 saturated carbocycles. The molecule has 0 heterocycles. The quantitative estimate of drug-likeness (QED) is 0.560. The summed E-state index contributed by atoms with van der Waals surface area (Å²) in [7, 11) is 0. The number of carbonyl (C=O) groups is 1. The molecule has 0 bridgehead atoms. The van der Waals surface area contributed by atoms with E-state index >= 15 is 0 Å². The van der Waals surface area contributed by atoms with Crippen molar-refractivity contribution in [2.24, 2.45) is 0 Å².